The lowest BCUT2D eigenvalue weighted by Crippen LogP contribution is -2.23. The highest BCUT2D eigenvalue weighted by Gasteiger charge is 2.56. The Labute approximate surface area is 141 Å². The van der Waals surface area contributed by atoms with Crippen LogP contribution in [0.5, 0.6) is 0 Å². The third-order valence-corrected chi connectivity index (χ3v) is 5.19. The predicted molar refractivity (Wildman–Crippen MR) is 92.1 cm³/mol. The normalized spacial score (nSPS) is 26.9. The molecule has 0 bridgehead atoms. The molecular weight excluding hydrogens is 292 g/mol. The van der Waals surface area contributed by atoms with Crippen LogP contribution in [-0.2, 0) is 14.3 Å². The highest BCUT2D eigenvalue weighted by Crippen LogP contribution is 2.50. The largest absolute Gasteiger partial charge is 0.463 e. The molecule has 0 aromatic carbocycles. The van der Waals surface area contributed by atoms with Crippen molar-refractivity contribution in [2.75, 3.05) is 7.11 Å². The summed E-state index contributed by atoms with van der Waals surface area (Å²) in [5.41, 5.74) is -0.0744. The van der Waals surface area contributed by atoms with Gasteiger partial charge in [-0.3, -0.25) is 4.79 Å². The summed E-state index contributed by atoms with van der Waals surface area (Å²) in [6.07, 6.45) is 3.46. The zero-order valence-electron chi connectivity index (χ0n) is 16.0. The third kappa shape index (κ3) is 6.42. The molecule has 4 nitrogen and oxygen atoms in total. The summed E-state index contributed by atoms with van der Waals surface area (Å²) in [5.74, 6) is 0.486. The van der Waals surface area contributed by atoms with Crippen LogP contribution in [0.1, 0.15) is 67.2 Å². The number of rotatable bonds is 10. The summed E-state index contributed by atoms with van der Waals surface area (Å²) < 4.78 is 10.7. The van der Waals surface area contributed by atoms with E-state index in [0.717, 1.165) is 25.7 Å². The monoisotopic (exact) mass is 328 g/mol. The zero-order chi connectivity index (χ0) is 17.8. The van der Waals surface area contributed by atoms with Crippen molar-refractivity contribution in [1.29, 1.82) is 0 Å². The smallest absolute Gasteiger partial charge is 0.309 e. The van der Waals surface area contributed by atoms with Crippen LogP contribution >= 0.6 is 0 Å². The topological polar surface area (TPSA) is 55.8 Å². The molecule has 1 aliphatic carbocycles. The van der Waals surface area contributed by atoms with Gasteiger partial charge in [0.15, 0.2) is 0 Å². The molecule has 1 N–H and O–H groups in total. The maximum Gasteiger partial charge on any atom is 0.309 e. The van der Waals surface area contributed by atoms with Crippen molar-refractivity contribution in [1.82, 2.24) is 0 Å². The SMILES string of the molecule is COC(C)(C)CCCC(C)CC(O)C1C(C)C1C(=O)OC(C)C. The van der Waals surface area contributed by atoms with Gasteiger partial charge in [0.2, 0.25) is 0 Å². The number of ether oxygens (including phenoxy) is 2. The van der Waals surface area contributed by atoms with Gasteiger partial charge in [0.1, 0.15) is 0 Å². The summed E-state index contributed by atoms with van der Waals surface area (Å²) in [5, 5.41) is 10.5. The zero-order valence-corrected chi connectivity index (χ0v) is 16.0. The average molecular weight is 328 g/mol. The Kier molecular flexibility index (Phi) is 7.53. The Hall–Kier alpha value is -0.610. The predicted octanol–water partition coefficient (Wildman–Crippen LogP) is 3.80. The third-order valence-electron chi connectivity index (χ3n) is 5.19. The van der Waals surface area contributed by atoms with Crippen molar-refractivity contribution in [2.45, 2.75) is 85.0 Å². The van der Waals surface area contributed by atoms with Crippen LogP contribution in [0.2, 0.25) is 0 Å². The molecule has 0 saturated heterocycles. The second-order valence-electron chi connectivity index (χ2n) is 8.21. The fraction of sp³-hybridized carbons (Fsp3) is 0.947. The van der Waals surface area contributed by atoms with Crippen molar-refractivity contribution < 1.29 is 19.4 Å². The standard InChI is InChI=1S/C19H36O4/c1-12(2)23-18(21)17-14(4)16(17)15(20)11-13(3)9-8-10-19(5,6)22-7/h12-17,20H,8-11H2,1-7H3. The number of carbonyl (C=O) groups excluding carboxylic acids is 1. The van der Waals surface area contributed by atoms with Crippen LogP contribution in [0.4, 0.5) is 0 Å². The number of hydrogen-bond donors (Lipinski definition) is 1. The van der Waals surface area contributed by atoms with Gasteiger partial charge in [-0.05, 0) is 52.4 Å². The van der Waals surface area contributed by atoms with Gasteiger partial charge < -0.3 is 14.6 Å². The van der Waals surface area contributed by atoms with E-state index in [0.29, 0.717) is 5.92 Å². The van der Waals surface area contributed by atoms with Crippen LogP contribution in [0, 0.1) is 23.7 Å². The fourth-order valence-corrected chi connectivity index (χ4v) is 3.43. The highest BCUT2D eigenvalue weighted by atomic mass is 16.5. The second kappa shape index (κ2) is 8.48. The second-order valence-corrected chi connectivity index (χ2v) is 8.21. The minimum Gasteiger partial charge on any atom is -0.463 e. The molecule has 0 aromatic heterocycles. The van der Waals surface area contributed by atoms with Gasteiger partial charge in [-0.15, -0.1) is 0 Å². The van der Waals surface area contributed by atoms with Crippen LogP contribution < -0.4 is 0 Å². The van der Waals surface area contributed by atoms with E-state index in [1.807, 2.05) is 20.8 Å². The van der Waals surface area contributed by atoms with Crippen LogP contribution in [0.3, 0.4) is 0 Å². The molecule has 1 rings (SSSR count). The van der Waals surface area contributed by atoms with Crippen LogP contribution in [0.15, 0.2) is 0 Å². The van der Waals surface area contributed by atoms with E-state index in [4.69, 9.17) is 9.47 Å². The van der Waals surface area contributed by atoms with Crippen LogP contribution in [-0.4, -0.2) is 36.0 Å². The number of carbonyl (C=O) groups is 1. The van der Waals surface area contributed by atoms with Gasteiger partial charge in [0.25, 0.3) is 0 Å². The first kappa shape index (κ1) is 20.4. The van der Waals surface area contributed by atoms with Gasteiger partial charge in [-0.25, -0.2) is 0 Å². The maximum atomic E-state index is 12.0. The quantitative estimate of drug-likeness (QED) is 0.620. The first-order valence-electron chi connectivity index (χ1n) is 9.02. The number of aliphatic hydroxyl groups is 1. The molecule has 1 saturated carbocycles. The summed E-state index contributed by atoms with van der Waals surface area (Å²) in [6, 6.07) is 0. The lowest BCUT2D eigenvalue weighted by molar-refractivity contribution is -0.150. The van der Waals surface area contributed by atoms with Crippen molar-refractivity contribution in [2.24, 2.45) is 23.7 Å². The van der Waals surface area contributed by atoms with E-state index in [2.05, 4.69) is 20.8 Å². The first-order valence-corrected chi connectivity index (χ1v) is 9.02. The maximum absolute atomic E-state index is 12.0. The highest BCUT2D eigenvalue weighted by molar-refractivity contribution is 5.76. The molecule has 0 spiro atoms. The summed E-state index contributed by atoms with van der Waals surface area (Å²) in [7, 11) is 1.75. The molecule has 0 radical (unpaired) electrons. The molecule has 23 heavy (non-hydrogen) atoms. The molecule has 1 fully saturated rings. The fourth-order valence-electron chi connectivity index (χ4n) is 3.43. The van der Waals surface area contributed by atoms with Gasteiger partial charge in [0.05, 0.1) is 23.7 Å². The molecule has 0 amide bonds. The number of esters is 1. The Morgan fingerprint density at radius 3 is 2.39 bits per heavy atom. The Bertz CT molecular complexity index is 378. The number of hydrogen-bond acceptors (Lipinski definition) is 4. The Morgan fingerprint density at radius 1 is 1.26 bits per heavy atom. The lowest BCUT2D eigenvalue weighted by atomic mass is 9.92. The van der Waals surface area contributed by atoms with Crippen molar-refractivity contribution in [3.8, 4) is 0 Å². The van der Waals surface area contributed by atoms with E-state index in [9.17, 15) is 9.90 Å². The Balaban J connectivity index is 2.33. The molecule has 0 aliphatic heterocycles. The molecule has 5 atom stereocenters. The molecular formula is C19H36O4. The van der Waals surface area contributed by atoms with Gasteiger partial charge >= 0.3 is 5.97 Å². The van der Waals surface area contributed by atoms with E-state index < -0.39 is 6.10 Å². The van der Waals surface area contributed by atoms with Gasteiger partial charge in [-0.2, -0.15) is 0 Å². The molecule has 136 valence electrons. The number of methoxy groups -OCH3 is 1. The van der Waals surface area contributed by atoms with E-state index in [-0.39, 0.29) is 35.4 Å². The molecule has 1 aliphatic rings. The van der Waals surface area contributed by atoms with Gasteiger partial charge in [-0.1, -0.05) is 26.7 Å². The van der Waals surface area contributed by atoms with Gasteiger partial charge in [0, 0.05) is 13.0 Å². The van der Waals surface area contributed by atoms with Crippen molar-refractivity contribution in [3.63, 3.8) is 0 Å². The van der Waals surface area contributed by atoms with Crippen LogP contribution in [0.25, 0.3) is 0 Å². The summed E-state index contributed by atoms with van der Waals surface area (Å²) in [4.78, 5) is 12.0. The Morgan fingerprint density at radius 2 is 1.87 bits per heavy atom. The number of aliphatic hydroxyl groups excluding tert-OH is 1. The minimum absolute atomic E-state index is 0.0686. The average Bonchev–Trinajstić information content (AvgIpc) is 3.09. The molecule has 4 heteroatoms. The summed E-state index contributed by atoms with van der Waals surface area (Å²) >= 11 is 0. The van der Waals surface area contributed by atoms with Crippen molar-refractivity contribution >= 4 is 5.97 Å². The molecule has 0 heterocycles. The van der Waals surface area contributed by atoms with E-state index in [1.54, 1.807) is 7.11 Å². The lowest BCUT2D eigenvalue weighted by Gasteiger charge is -2.24. The summed E-state index contributed by atoms with van der Waals surface area (Å²) in [6.45, 7) is 12.1. The molecule has 5 unspecified atom stereocenters. The minimum atomic E-state index is -0.403. The first-order chi connectivity index (χ1) is 10.6. The van der Waals surface area contributed by atoms with E-state index in [1.165, 1.54) is 0 Å². The van der Waals surface area contributed by atoms with E-state index >= 15 is 0 Å². The molecule has 0 aromatic rings. The van der Waals surface area contributed by atoms with Crippen molar-refractivity contribution in [3.05, 3.63) is 0 Å².